The summed E-state index contributed by atoms with van der Waals surface area (Å²) in [5, 5.41) is 0. The molecule has 1 fully saturated rings. The molecule has 1 aromatic rings. The van der Waals surface area contributed by atoms with Crippen LogP contribution in [0.2, 0.25) is 0 Å². The molecule has 0 aromatic heterocycles. The molecule has 0 unspecified atom stereocenters. The molecule has 1 aromatic carbocycles. The highest BCUT2D eigenvalue weighted by Gasteiger charge is 2.26. The van der Waals surface area contributed by atoms with E-state index in [2.05, 4.69) is 0 Å². The number of benzene rings is 1. The maximum atomic E-state index is 12.7. The Bertz CT molecular complexity index is 646. The molecule has 0 amide bonds. The first kappa shape index (κ1) is 14.4. The third kappa shape index (κ3) is 3.13. The summed E-state index contributed by atoms with van der Waals surface area (Å²) in [6.07, 6.45) is 2.64. The first-order chi connectivity index (χ1) is 8.82. The van der Waals surface area contributed by atoms with Gasteiger partial charge in [-0.05, 0) is 37.1 Å². The summed E-state index contributed by atoms with van der Waals surface area (Å²) in [5.74, 6) is 0. The van der Waals surface area contributed by atoms with Gasteiger partial charge in [-0.1, -0.05) is 6.42 Å². The Kier molecular flexibility index (Phi) is 3.93. The molecule has 0 saturated carbocycles. The van der Waals surface area contributed by atoms with Crippen LogP contribution in [0.5, 0.6) is 0 Å². The van der Waals surface area contributed by atoms with Gasteiger partial charge < -0.3 is 0 Å². The molecule has 106 valence electrons. The molecule has 0 aliphatic carbocycles. The lowest BCUT2D eigenvalue weighted by Crippen LogP contribution is -2.35. The Labute approximate surface area is 112 Å². The largest absolute Gasteiger partial charge is 0.332 e. The lowest BCUT2D eigenvalue weighted by molar-refractivity contribution is 0.346. The summed E-state index contributed by atoms with van der Waals surface area (Å²) in [6, 6.07) is 4.17. The van der Waals surface area contributed by atoms with Crippen molar-refractivity contribution >= 4 is 20.2 Å². The fourth-order valence-corrected chi connectivity index (χ4v) is 4.01. The predicted octanol–water partition coefficient (Wildman–Crippen LogP) is 1.52. The molecule has 0 radical (unpaired) electrons. The minimum Gasteiger partial charge on any atom is -0.207 e. The molecule has 0 bridgehead atoms. The molecule has 1 saturated heterocycles. The molecule has 0 spiro atoms. The normalized spacial score (nSPS) is 18.4. The van der Waals surface area contributed by atoms with E-state index in [4.69, 9.17) is 0 Å². The van der Waals surface area contributed by atoms with Crippen LogP contribution in [0.3, 0.4) is 0 Å². The maximum Gasteiger partial charge on any atom is 0.332 e. The fourth-order valence-electron chi connectivity index (χ4n) is 2.03. The van der Waals surface area contributed by atoms with Gasteiger partial charge in [0, 0.05) is 13.1 Å². The van der Waals surface area contributed by atoms with Gasteiger partial charge in [0.2, 0.25) is 10.0 Å². The Hall–Kier alpha value is -0.990. The van der Waals surface area contributed by atoms with Crippen molar-refractivity contribution in [3.05, 3.63) is 24.3 Å². The Balaban J connectivity index is 2.31. The Morgan fingerprint density at radius 2 is 1.32 bits per heavy atom. The average Bonchev–Trinajstić information content (AvgIpc) is 2.39. The van der Waals surface area contributed by atoms with Crippen LogP contribution in [0.15, 0.2) is 34.1 Å². The summed E-state index contributed by atoms with van der Waals surface area (Å²) in [4.78, 5) is -0.549. The molecular weight excluding hydrogens is 293 g/mol. The van der Waals surface area contributed by atoms with E-state index in [9.17, 15) is 20.7 Å². The standard InChI is InChI=1S/C11H14FNO4S2/c12-18(14,15)10-4-6-11(7-5-10)19(16,17)13-8-2-1-3-9-13/h4-7H,1-3,8-9H2. The van der Waals surface area contributed by atoms with Crippen LogP contribution >= 0.6 is 0 Å². The third-order valence-electron chi connectivity index (χ3n) is 3.06. The predicted molar refractivity (Wildman–Crippen MR) is 67.3 cm³/mol. The van der Waals surface area contributed by atoms with Gasteiger partial charge in [-0.15, -0.1) is 3.89 Å². The molecule has 1 aliphatic rings. The van der Waals surface area contributed by atoms with Gasteiger partial charge in [0.05, 0.1) is 9.79 Å². The second-order valence-corrected chi connectivity index (χ2v) is 7.66. The van der Waals surface area contributed by atoms with E-state index < -0.39 is 25.1 Å². The van der Waals surface area contributed by atoms with Crippen LogP contribution in [0, 0.1) is 0 Å². The number of hydrogen-bond acceptors (Lipinski definition) is 4. The van der Waals surface area contributed by atoms with Crippen LogP contribution in [0.4, 0.5) is 3.89 Å². The van der Waals surface area contributed by atoms with Crippen LogP contribution in [-0.2, 0) is 20.2 Å². The molecule has 0 N–H and O–H groups in total. The first-order valence-electron chi connectivity index (χ1n) is 5.87. The zero-order chi connectivity index (χ0) is 14.1. The minimum absolute atomic E-state index is 0.0122. The van der Waals surface area contributed by atoms with E-state index >= 15 is 0 Å². The van der Waals surface area contributed by atoms with Crippen molar-refractivity contribution in [2.75, 3.05) is 13.1 Å². The topological polar surface area (TPSA) is 71.5 Å². The van der Waals surface area contributed by atoms with E-state index in [1.54, 1.807) is 0 Å². The van der Waals surface area contributed by atoms with E-state index in [0.29, 0.717) is 13.1 Å². The van der Waals surface area contributed by atoms with Gasteiger partial charge in [0.15, 0.2) is 0 Å². The van der Waals surface area contributed by atoms with Crippen molar-refractivity contribution in [2.24, 2.45) is 0 Å². The third-order valence-corrected chi connectivity index (χ3v) is 5.81. The Morgan fingerprint density at radius 1 is 0.842 bits per heavy atom. The number of hydrogen-bond donors (Lipinski definition) is 0. The first-order valence-corrected chi connectivity index (χ1v) is 8.69. The van der Waals surface area contributed by atoms with Gasteiger partial charge in [-0.2, -0.15) is 12.7 Å². The van der Waals surface area contributed by atoms with Crippen molar-refractivity contribution < 1.29 is 20.7 Å². The number of piperidine rings is 1. The van der Waals surface area contributed by atoms with Crippen LogP contribution in [0.25, 0.3) is 0 Å². The zero-order valence-electron chi connectivity index (χ0n) is 10.1. The molecule has 1 aliphatic heterocycles. The maximum absolute atomic E-state index is 12.7. The minimum atomic E-state index is -4.80. The summed E-state index contributed by atoms with van der Waals surface area (Å²) < 4.78 is 59.9. The van der Waals surface area contributed by atoms with Crippen molar-refractivity contribution in [3.8, 4) is 0 Å². The molecule has 5 nitrogen and oxygen atoms in total. The average molecular weight is 307 g/mol. The van der Waals surface area contributed by atoms with Gasteiger partial charge in [0.1, 0.15) is 0 Å². The number of halogens is 1. The summed E-state index contributed by atoms with van der Waals surface area (Å²) in [6.45, 7) is 0.928. The van der Waals surface area contributed by atoms with Crippen molar-refractivity contribution in [1.29, 1.82) is 0 Å². The lowest BCUT2D eigenvalue weighted by Gasteiger charge is -2.25. The second kappa shape index (κ2) is 5.18. The molecule has 0 atom stereocenters. The number of sulfonamides is 1. The van der Waals surface area contributed by atoms with Gasteiger partial charge in [0.25, 0.3) is 0 Å². The van der Waals surface area contributed by atoms with Gasteiger partial charge in [-0.25, -0.2) is 8.42 Å². The van der Waals surface area contributed by atoms with Gasteiger partial charge >= 0.3 is 10.2 Å². The monoisotopic (exact) mass is 307 g/mol. The Morgan fingerprint density at radius 3 is 1.79 bits per heavy atom. The van der Waals surface area contributed by atoms with Gasteiger partial charge in [-0.3, -0.25) is 0 Å². The molecule has 1 heterocycles. The van der Waals surface area contributed by atoms with Crippen LogP contribution in [0.1, 0.15) is 19.3 Å². The summed E-state index contributed by atoms with van der Waals surface area (Å²) in [7, 11) is -8.41. The zero-order valence-corrected chi connectivity index (χ0v) is 11.8. The number of nitrogens with zero attached hydrogens (tertiary/aromatic N) is 1. The molecule has 19 heavy (non-hydrogen) atoms. The highest BCUT2D eigenvalue weighted by Crippen LogP contribution is 2.22. The molecule has 2 rings (SSSR count). The van der Waals surface area contributed by atoms with E-state index in [1.165, 1.54) is 4.31 Å². The highest BCUT2D eigenvalue weighted by molar-refractivity contribution is 7.89. The second-order valence-electron chi connectivity index (χ2n) is 4.37. The molecule has 8 heteroatoms. The highest BCUT2D eigenvalue weighted by atomic mass is 32.3. The summed E-state index contributed by atoms with van der Waals surface area (Å²) in [5.41, 5.74) is 0. The van der Waals surface area contributed by atoms with E-state index in [-0.39, 0.29) is 4.90 Å². The SMILES string of the molecule is O=S(=O)(F)c1ccc(S(=O)(=O)N2CCCCC2)cc1. The molecular formula is C11H14FNO4S2. The quantitative estimate of drug-likeness (QED) is 0.794. The van der Waals surface area contributed by atoms with Crippen LogP contribution < -0.4 is 0 Å². The van der Waals surface area contributed by atoms with Crippen LogP contribution in [-0.4, -0.2) is 34.2 Å². The smallest absolute Gasteiger partial charge is 0.207 e. The fraction of sp³-hybridized carbons (Fsp3) is 0.455. The summed E-state index contributed by atoms with van der Waals surface area (Å²) >= 11 is 0. The van der Waals surface area contributed by atoms with E-state index in [1.807, 2.05) is 0 Å². The van der Waals surface area contributed by atoms with Crippen molar-refractivity contribution in [2.45, 2.75) is 29.1 Å². The van der Waals surface area contributed by atoms with Crippen molar-refractivity contribution in [1.82, 2.24) is 4.31 Å². The lowest BCUT2D eigenvalue weighted by atomic mass is 10.2. The van der Waals surface area contributed by atoms with E-state index in [0.717, 1.165) is 43.5 Å². The number of rotatable bonds is 3. The van der Waals surface area contributed by atoms with Crippen molar-refractivity contribution in [3.63, 3.8) is 0 Å².